The highest BCUT2D eigenvalue weighted by atomic mass is 127. The molecule has 0 aromatic heterocycles. The van der Waals surface area contributed by atoms with Gasteiger partial charge in [-0.25, -0.2) is 0 Å². The zero-order valence-electron chi connectivity index (χ0n) is 7.66. The molecule has 0 unspecified atom stereocenters. The molecular formula is C10H12INO2. The van der Waals surface area contributed by atoms with Gasteiger partial charge in [-0.2, -0.15) is 0 Å². The summed E-state index contributed by atoms with van der Waals surface area (Å²) in [7, 11) is 0. The number of nitrogens with one attached hydrogen (secondary N) is 1. The van der Waals surface area contributed by atoms with Gasteiger partial charge in [0, 0.05) is 22.2 Å². The van der Waals surface area contributed by atoms with Gasteiger partial charge >= 0.3 is 5.97 Å². The van der Waals surface area contributed by atoms with Gasteiger partial charge in [0.1, 0.15) is 0 Å². The van der Waals surface area contributed by atoms with Crippen LogP contribution in [0.15, 0.2) is 24.3 Å². The van der Waals surface area contributed by atoms with E-state index in [1.54, 1.807) is 0 Å². The predicted octanol–water partition coefficient (Wildman–Crippen LogP) is 2.57. The Kier molecular flexibility index (Phi) is 4.72. The molecular weight excluding hydrogens is 293 g/mol. The van der Waals surface area contributed by atoms with Crippen molar-refractivity contribution in [1.29, 1.82) is 0 Å². The number of anilines is 1. The van der Waals surface area contributed by atoms with Gasteiger partial charge in [0.2, 0.25) is 0 Å². The molecule has 0 spiro atoms. The molecule has 3 nitrogen and oxygen atoms in total. The van der Waals surface area contributed by atoms with Crippen LogP contribution in [-0.4, -0.2) is 17.6 Å². The highest BCUT2D eigenvalue weighted by Crippen LogP contribution is 2.16. The summed E-state index contributed by atoms with van der Waals surface area (Å²) >= 11 is 2.25. The fourth-order valence-corrected chi connectivity index (χ4v) is 1.65. The lowest BCUT2D eigenvalue weighted by atomic mass is 10.3. The summed E-state index contributed by atoms with van der Waals surface area (Å²) in [4.78, 5) is 10.2. The van der Waals surface area contributed by atoms with Gasteiger partial charge in [-0.1, -0.05) is 12.1 Å². The third-order valence-electron chi connectivity index (χ3n) is 1.76. The van der Waals surface area contributed by atoms with Crippen LogP contribution in [0.2, 0.25) is 0 Å². The van der Waals surface area contributed by atoms with Gasteiger partial charge in [0.05, 0.1) is 0 Å². The van der Waals surface area contributed by atoms with Gasteiger partial charge in [-0.15, -0.1) is 0 Å². The highest BCUT2D eigenvalue weighted by molar-refractivity contribution is 14.1. The van der Waals surface area contributed by atoms with Gasteiger partial charge in [-0.05, 0) is 41.1 Å². The van der Waals surface area contributed by atoms with Crippen LogP contribution < -0.4 is 5.32 Å². The van der Waals surface area contributed by atoms with E-state index in [9.17, 15) is 4.79 Å². The monoisotopic (exact) mass is 305 g/mol. The molecule has 0 aliphatic carbocycles. The van der Waals surface area contributed by atoms with Crippen LogP contribution in [0.4, 0.5) is 5.69 Å². The number of carbonyl (C=O) groups is 1. The summed E-state index contributed by atoms with van der Waals surface area (Å²) < 4.78 is 1.15. The summed E-state index contributed by atoms with van der Waals surface area (Å²) in [5.41, 5.74) is 1.07. The number of hydrogen-bond acceptors (Lipinski definition) is 2. The maximum atomic E-state index is 10.2. The molecule has 14 heavy (non-hydrogen) atoms. The maximum absolute atomic E-state index is 10.2. The molecule has 4 heteroatoms. The van der Waals surface area contributed by atoms with Crippen molar-refractivity contribution in [3.8, 4) is 0 Å². The first-order valence-corrected chi connectivity index (χ1v) is 5.48. The lowest BCUT2D eigenvalue weighted by molar-refractivity contribution is -0.137. The van der Waals surface area contributed by atoms with Crippen LogP contribution in [0.5, 0.6) is 0 Å². The van der Waals surface area contributed by atoms with E-state index in [1.807, 2.05) is 24.3 Å². The summed E-state index contributed by atoms with van der Waals surface area (Å²) in [6, 6.07) is 7.94. The molecule has 0 heterocycles. The standard InChI is InChI=1S/C10H12INO2/c11-8-4-1-2-5-9(8)12-7-3-6-10(13)14/h1-2,4-5,12H,3,6-7H2,(H,13,14). The van der Waals surface area contributed by atoms with E-state index >= 15 is 0 Å². The fourth-order valence-electron chi connectivity index (χ4n) is 1.07. The smallest absolute Gasteiger partial charge is 0.303 e. The number of halogens is 1. The summed E-state index contributed by atoms with van der Waals surface area (Å²) in [6.07, 6.45) is 0.872. The Labute approximate surface area is 96.7 Å². The van der Waals surface area contributed by atoms with Crippen molar-refractivity contribution >= 4 is 34.2 Å². The second kappa shape index (κ2) is 5.85. The van der Waals surface area contributed by atoms with Crippen LogP contribution in [0, 0.1) is 3.57 Å². The molecule has 2 N–H and O–H groups in total. The summed E-state index contributed by atoms with van der Waals surface area (Å²) in [5.74, 6) is -0.741. The van der Waals surface area contributed by atoms with Gasteiger partial charge in [0.25, 0.3) is 0 Å². The first kappa shape index (κ1) is 11.3. The average molecular weight is 305 g/mol. The van der Waals surface area contributed by atoms with Gasteiger partial charge in [-0.3, -0.25) is 4.79 Å². The molecule has 1 aromatic rings. The van der Waals surface area contributed by atoms with E-state index in [4.69, 9.17) is 5.11 Å². The molecule has 0 atom stereocenters. The Morgan fingerprint density at radius 2 is 2.14 bits per heavy atom. The normalized spacial score (nSPS) is 9.79. The van der Waals surface area contributed by atoms with Gasteiger partial charge in [0.15, 0.2) is 0 Å². The first-order chi connectivity index (χ1) is 6.70. The van der Waals surface area contributed by atoms with Crippen molar-refractivity contribution in [2.45, 2.75) is 12.8 Å². The second-order valence-electron chi connectivity index (χ2n) is 2.90. The van der Waals surface area contributed by atoms with Crippen LogP contribution in [0.3, 0.4) is 0 Å². The second-order valence-corrected chi connectivity index (χ2v) is 4.07. The Hall–Kier alpha value is -0.780. The number of carboxylic acids is 1. The molecule has 0 bridgehead atoms. The van der Waals surface area contributed by atoms with Crippen molar-refractivity contribution < 1.29 is 9.90 Å². The molecule has 0 saturated carbocycles. The molecule has 1 rings (SSSR count). The predicted molar refractivity (Wildman–Crippen MR) is 64.5 cm³/mol. The number of para-hydroxylation sites is 1. The Balaban J connectivity index is 2.31. The van der Waals surface area contributed by atoms with Crippen molar-refractivity contribution in [2.24, 2.45) is 0 Å². The fraction of sp³-hybridized carbons (Fsp3) is 0.300. The first-order valence-electron chi connectivity index (χ1n) is 4.40. The molecule has 0 aliphatic heterocycles. The van der Waals surface area contributed by atoms with E-state index < -0.39 is 5.97 Å². The third kappa shape index (κ3) is 3.95. The lowest BCUT2D eigenvalue weighted by Gasteiger charge is -2.06. The molecule has 1 aromatic carbocycles. The van der Waals surface area contributed by atoms with Crippen molar-refractivity contribution in [2.75, 3.05) is 11.9 Å². The average Bonchev–Trinajstić information content (AvgIpc) is 2.15. The van der Waals surface area contributed by atoms with Crippen LogP contribution in [0.25, 0.3) is 0 Å². The lowest BCUT2D eigenvalue weighted by Crippen LogP contribution is -2.05. The van der Waals surface area contributed by atoms with E-state index in [0.29, 0.717) is 13.0 Å². The number of benzene rings is 1. The topological polar surface area (TPSA) is 49.3 Å². The van der Waals surface area contributed by atoms with Crippen LogP contribution in [0.1, 0.15) is 12.8 Å². The third-order valence-corrected chi connectivity index (χ3v) is 2.70. The molecule has 0 saturated heterocycles. The van der Waals surface area contributed by atoms with Crippen molar-refractivity contribution in [3.63, 3.8) is 0 Å². The Bertz CT molecular complexity index is 315. The van der Waals surface area contributed by atoms with Crippen LogP contribution in [-0.2, 0) is 4.79 Å². The quantitative estimate of drug-likeness (QED) is 0.649. The zero-order chi connectivity index (χ0) is 10.4. The molecule has 0 fully saturated rings. The minimum absolute atomic E-state index is 0.219. The molecule has 0 aliphatic rings. The van der Waals surface area contributed by atoms with Crippen molar-refractivity contribution in [1.82, 2.24) is 0 Å². The largest absolute Gasteiger partial charge is 0.481 e. The number of hydrogen-bond donors (Lipinski definition) is 2. The number of carboxylic acid groups (broad SMARTS) is 1. The summed E-state index contributed by atoms with van der Waals surface area (Å²) in [5, 5.41) is 11.6. The summed E-state index contributed by atoms with van der Waals surface area (Å²) in [6.45, 7) is 0.701. The van der Waals surface area contributed by atoms with E-state index in [0.717, 1.165) is 9.26 Å². The molecule has 0 amide bonds. The zero-order valence-corrected chi connectivity index (χ0v) is 9.82. The van der Waals surface area contributed by atoms with E-state index in [-0.39, 0.29) is 6.42 Å². The minimum Gasteiger partial charge on any atom is -0.481 e. The SMILES string of the molecule is O=C(O)CCCNc1ccccc1I. The maximum Gasteiger partial charge on any atom is 0.303 e. The number of aliphatic carboxylic acids is 1. The Morgan fingerprint density at radius 3 is 2.79 bits per heavy atom. The molecule has 76 valence electrons. The number of rotatable bonds is 5. The van der Waals surface area contributed by atoms with Crippen molar-refractivity contribution in [3.05, 3.63) is 27.8 Å². The Morgan fingerprint density at radius 1 is 1.43 bits per heavy atom. The molecule has 0 radical (unpaired) electrons. The van der Waals surface area contributed by atoms with Gasteiger partial charge < -0.3 is 10.4 Å². The highest BCUT2D eigenvalue weighted by Gasteiger charge is 1.98. The van der Waals surface area contributed by atoms with Crippen LogP contribution >= 0.6 is 22.6 Å². The van der Waals surface area contributed by atoms with E-state index in [1.165, 1.54) is 0 Å². The minimum atomic E-state index is -0.741. The van der Waals surface area contributed by atoms with E-state index in [2.05, 4.69) is 27.9 Å².